The molecular weight excluding hydrogens is 172 g/mol. The maximum Gasteiger partial charge on any atom is 0.138 e. The van der Waals surface area contributed by atoms with Crippen LogP contribution in [0.5, 0.6) is 0 Å². The van der Waals surface area contributed by atoms with Gasteiger partial charge in [-0.2, -0.15) is 0 Å². The normalized spacial score (nSPS) is 15.1. The van der Waals surface area contributed by atoms with Crippen LogP contribution in [0.4, 0.5) is 0 Å². The molecule has 0 spiro atoms. The van der Waals surface area contributed by atoms with Gasteiger partial charge in [-0.25, -0.2) is 0 Å². The molecule has 12 heavy (non-hydrogen) atoms. The van der Waals surface area contributed by atoms with Crippen molar-refractivity contribution in [3.05, 3.63) is 23.8 Å². The average molecular weight is 187 g/mol. The number of allylic oxidation sites excluding steroid dienone is 4. The summed E-state index contributed by atoms with van der Waals surface area (Å²) in [5.74, 6) is 0. The minimum atomic E-state index is -0.378. The molecule has 0 aromatic carbocycles. The maximum atomic E-state index is 10.2. The van der Waals surface area contributed by atoms with E-state index in [1.54, 1.807) is 0 Å². The van der Waals surface area contributed by atoms with Gasteiger partial charge in [-0.3, -0.25) is 0 Å². The molecule has 1 unspecified atom stereocenters. The Morgan fingerprint density at radius 1 is 1.58 bits per heavy atom. The number of carbonyl (C=O) groups excluding carboxylic acids is 1. The van der Waals surface area contributed by atoms with Crippen LogP contribution in [0.15, 0.2) is 23.8 Å². The van der Waals surface area contributed by atoms with Crippen molar-refractivity contribution in [1.29, 1.82) is 0 Å². The second-order valence-electron chi connectivity index (χ2n) is 2.71. The van der Waals surface area contributed by atoms with Crippen molar-refractivity contribution < 1.29 is 4.79 Å². The Hall–Kier alpha value is -0.560. The van der Waals surface area contributed by atoms with E-state index in [0.717, 1.165) is 18.3 Å². The number of aldehydes is 1. The molecule has 0 amide bonds. The molecule has 0 aliphatic carbocycles. The van der Waals surface area contributed by atoms with Crippen LogP contribution in [0.1, 0.15) is 26.7 Å². The van der Waals surface area contributed by atoms with Gasteiger partial charge >= 0.3 is 0 Å². The number of hydrogen-bond donors (Lipinski definition) is 0. The van der Waals surface area contributed by atoms with Gasteiger partial charge in [0.2, 0.25) is 0 Å². The van der Waals surface area contributed by atoms with Crippen LogP contribution < -0.4 is 0 Å². The van der Waals surface area contributed by atoms with Crippen molar-refractivity contribution in [3.8, 4) is 0 Å². The molecule has 0 aromatic heterocycles. The summed E-state index contributed by atoms with van der Waals surface area (Å²) < 4.78 is 0. The van der Waals surface area contributed by atoms with Crippen molar-refractivity contribution in [2.45, 2.75) is 32.1 Å². The third kappa shape index (κ3) is 6.17. The van der Waals surface area contributed by atoms with Gasteiger partial charge in [0.1, 0.15) is 6.29 Å². The van der Waals surface area contributed by atoms with Crippen LogP contribution in [-0.2, 0) is 4.79 Å². The molecular formula is C10H15ClO. The first-order valence-electron chi connectivity index (χ1n) is 4.12. The van der Waals surface area contributed by atoms with E-state index >= 15 is 0 Å². The third-order valence-electron chi connectivity index (χ3n) is 1.42. The Morgan fingerprint density at radius 2 is 2.25 bits per heavy atom. The Labute approximate surface area is 79.1 Å². The minimum absolute atomic E-state index is 0.378. The van der Waals surface area contributed by atoms with Crippen molar-refractivity contribution in [2.75, 3.05) is 0 Å². The molecule has 0 saturated heterocycles. The molecule has 0 aliphatic heterocycles. The van der Waals surface area contributed by atoms with Crippen LogP contribution in [0, 0.1) is 0 Å². The van der Waals surface area contributed by atoms with Gasteiger partial charge in [0, 0.05) is 0 Å². The molecule has 0 saturated carbocycles. The first-order chi connectivity index (χ1) is 5.70. The van der Waals surface area contributed by atoms with Crippen molar-refractivity contribution in [2.24, 2.45) is 0 Å². The van der Waals surface area contributed by atoms with E-state index in [4.69, 9.17) is 11.6 Å². The van der Waals surface area contributed by atoms with E-state index in [0.29, 0.717) is 6.42 Å². The summed E-state index contributed by atoms with van der Waals surface area (Å²) >= 11 is 5.64. The molecule has 68 valence electrons. The highest BCUT2D eigenvalue weighted by Crippen LogP contribution is 2.08. The molecule has 0 bridgehead atoms. The van der Waals surface area contributed by atoms with E-state index in [1.807, 2.05) is 19.1 Å². The number of halogens is 1. The Morgan fingerprint density at radius 3 is 2.75 bits per heavy atom. The first kappa shape index (κ1) is 11.4. The molecule has 0 aromatic rings. The zero-order chi connectivity index (χ0) is 9.40. The van der Waals surface area contributed by atoms with E-state index in [9.17, 15) is 4.79 Å². The minimum Gasteiger partial charge on any atom is -0.302 e. The largest absolute Gasteiger partial charge is 0.302 e. The van der Waals surface area contributed by atoms with Gasteiger partial charge < -0.3 is 4.79 Å². The van der Waals surface area contributed by atoms with Crippen LogP contribution in [0.3, 0.4) is 0 Å². The predicted molar refractivity (Wildman–Crippen MR) is 53.5 cm³/mol. The molecule has 0 rings (SSSR count). The lowest BCUT2D eigenvalue weighted by Gasteiger charge is -1.99. The summed E-state index contributed by atoms with van der Waals surface area (Å²) in [7, 11) is 0. The third-order valence-corrected chi connectivity index (χ3v) is 1.67. The van der Waals surface area contributed by atoms with Gasteiger partial charge in [0.25, 0.3) is 0 Å². The zero-order valence-corrected chi connectivity index (χ0v) is 8.34. The summed E-state index contributed by atoms with van der Waals surface area (Å²) in [6, 6.07) is 0. The quantitative estimate of drug-likeness (QED) is 0.366. The lowest BCUT2D eigenvalue weighted by molar-refractivity contribution is -0.107. The number of carbonyl (C=O) groups is 1. The first-order valence-corrected chi connectivity index (χ1v) is 4.56. The summed E-state index contributed by atoms with van der Waals surface area (Å²) in [6.07, 6.45) is 8.48. The van der Waals surface area contributed by atoms with Gasteiger partial charge in [-0.05, 0) is 19.8 Å². The van der Waals surface area contributed by atoms with Gasteiger partial charge in [0.05, 0.1) is 5.38 Å². The molecule has 0 fully saturated rings. The zero-order valence-electron chi connectivity index (χ0n) is 7.59. The Bertz CT molecular complexity index is 182. The van der Waals surface area contributed by atoms with Crippen LogP contribution in [0.25, 0.3) is 0 Å². The SMILES string of the molecule is CC/C=C\C=C(/C)CC(Cl)C=O. The monoisotopic (exact) mass is 186 g/mol. The molecule has 1 nitrogen and oxygen atoms in total. The number of alkyl halides is 1. The maximum absolute atomic E-state index is 10.2. The lowest BCUT2D eigenvalue weighted by atomic mass is 10.1. The second kappa shape index (κ2) is 7.11. The second-order valence-corrected chi connectivity index (χ2v) is 3.27. The van der Waals surface area contributed by atoms with Gasteiger partial charge in [-0.1, -0.05) is 30.7 Å². The fourth-order valence-corrected chi connectivity index (χ4v) is 1.04. The summed E-state index contributed by atoms with van der Waals surface area (Å²) in [5.41, 5.74) is 1.13. The fraction of sp³-hybridized carbons (Fsp3) is 0.500. The molecule has 2 heteroatoms. The predicted octanol–water partition coefficient (Wildman–Crippen LogP) is 3.10. The standard InChI is InChI=1S/C10H15ClO/c1-3-4-5-6-9(2)7-10(11)8-12/h4-6,8,10H,3,7H2,1-2H3/b5-4-,9-6+. The van der Waals surface area contributed by atoms with Crippen molar-refractivity contribution >= 4 is 17.9 Å². The van der Waals surface area contributed by atoms with E-state index in [1.165, 1.54) is 0 Å². The van der Waals surface area contributed by atoms with Gasteiger partial charge in [-0.15, -0.1) is 11.6 Å². The molecule has 0 radical (unpaired) electrons. The summed E-state index contributed by atoms with van der Waals surface area (Å²) in [5, 5.41) is -0.378. The topological polar surface area (TPSA) is 17.1 Å². The van der Waals surface area contributed by atoms with Crippen molar-refractivity contribution in [3.63, 3.8) is 0 Å². The highest BCUT2D eigenvalue weighted by atomic mass is 35.5. The van der Waals surface area contributed by atoms with Crippen LogP contribution in [0.2, 0.25) is 0 Å². The van der Waals surface area contributed by atoms with Crippen molar-refractivity contribution in [1.82, 2.24) is 0 Å². The molecule has 1 atom stereocenters. The molecule has 0 N–H and O–H groups in total. The highest BCUT2D eigenvalue weighted by Gasteiger charge is 2.01. The fourth-order valence-electron chi connectivity index (χ4n) is 0.792. The average Bonchev–Trinajstić information content (AvgIpc) is 2.05. The van der Waals surface area contributed by atoms with E-state index in [2.05, 4.69) is 13.0 Å². The number of hydrogen-bond acceptors (Lipinski definition) is 1. The Kier molecular flexibility index (Phi) is 6.78. The lowest BCUT2D eigenvalue weighted by Crippen LogP contribution is -1.99. The van der Waals surface area contributed by atoms with Crippen LogP contribution >= 0.6 is 11.6 Å². The van der Waals surface area contributed by atoms with Crippen LogP contribution in [-0.4, -0.2) is 11.7 Å². The molecule has 0 heterocycles. The highest BCUT2D eigenvalue weighted by molar-refractivity contribution is 6.27. The van der Waals surface area contributed by atoms with Gasteiger partial charge in [0.15, 0.2) is 0 Å². The van der Waals surface area contributed by atoms with E-state index < -0.39 is 0 Å². The Balaban J connectivity index is 3.84. The van der Waals surface area contributed by atoms with E-state index in [-0.39, 0.29) is 5.38 Å². The number of rotatable bonds is 5. The summed E-state index contributed by atoms with van der Waals surface area (Å²) in [6.45, 7) is 4.05. The molecule has 0 aliphatic rings. The summed E-state index contributed by atoms with van der Waals surface area (Å²) in [4.78, 5) is 10.2. The smallest absolute Gasteiger partial charge is 0.138 e.